The molecule has 3 N–H and O–H groups in total. The van der Waals surface area contributed by atoms with Crippen molar-refractivity contribution in [3.05, 3.63) is 95.2 Å². The number of imide groups is 1. The molecule has 0 aliphatic carbocycles. The van der Waals surface area contributed by atoms with Crippen LogP contribution in [0.3, 0.4) is 0 Å². The Morgan fingerprint density at radius 1 is 0.971 bits per heavy atom. The minimum absolute atomic E-state index is 0.0459. The first-order chi connectivity index (χ1) is 16.3. The van der Waals surface area contributed by atoms with E-state index in [2.05, 4.69) is 10.6 Å². The summed E-state index contributed by atoms with van der Waals surface area (Å²) in [5, 5.41) is 14.4. The van der Waals surface area contributed by atoms with Crippen molar-refractivity contribution in [3.8, 4) is 11.1 Å². The fourth-order valence-corrected chi connectivity index (χ4v) is 3.50. The van der Waals surface area contributed by atoms with Gasteiger partial charge in [0.05, 0.1) is 5.56 Å². The van der Waals surface area contributed by atoms with Gasteiger partial charge < -0.3 is 15.7 Å². The summed E-state index contributed by atoms with van der Waals surface area (Å²) < 4.78 is 0. The zero-order chi connectivity index (χ0) is 24.2. The van der Waals surface area contributed by atoms with E-state index in [1.807, 2.05) is 25.1 Å². The Bertz CT molecular complexity index is 1330. The molecule has 34 heavy (non-hydrogen) atoms. The van der Waals surface area contributed by atoms with Crippen LogP contribution in [-0.2, 0) is 9.59 Å². The number of benzene rings is 3. The van der Waals surface area contributed by atoms with Gasteiger partial charge in [-0.15, -0.1) is 0 Å². The SMILES string of the molecule is Cc1ccc(NC(=O)CN2C(=O)N/C(=C\c3cccc(-c4cccc(C(=O)O)c4)c3)C2=O)cc1. The number of rotatable bonds is 6. The number of carbonyl (C=O) groups excluding carboxylic acids is 3. The molecule has 1 fully saturated rings. The molecular formula is C26H21N3O5. The molecule has 8 heteroatoms. The Kier molecular flexibility index (Phi) is 6.22. The van der Waals surface area contributed by atoms with Gasteiger partial charge in [-0.25, -0.2) is 14.5 Å². The molecule has 1 heterocycles. The van der Waals surface area contributed by atoms with Crippen LogP contribution in [0.2, 0.25) is 0 Å². The molecule has 1 saturated heterocycles. The maximum absolute atomic E-state index is 12.8. The molecule has 0 bridgehead atoms. The van der Waals surface area contributed by atoms with Crippen LogP contribution in [-0.4, -0.2) is 40.4 Å². The quantitative estimate of drug-likeness (QED) is 0.385. The smallest absolute Gasteiger partial charge is 0.335 e. The predicted octanol–water partition coefficient (Wildman–Crippen LogP) is 3.89. The van der Waals surface area contributed by atoms with Crippen molar-refractivity contribution < 1.29 is 24.3 Å². The molecule has 3 aromatic carbocycles. The molecule has 0 spiro atoms. The first kappa shape index (κ1) is 22.5. The van der Waals surface area contributed by atoms with E-state index >= 15 is 0 Å². The summed E-state index contributed by atoms with van der Waals surface area (Å²) in [7, 11) is 0. The highest BCUT2D eigenvalue weighted by Gasteiger charge is 2.34. The summed E-state index contributed by atoms with van der Waals surface area (Å²) in [4.78, 5) is 49.5. The predicted molar refractivity (Wildman–Crippen MR) is 127 cm³/mol. The number of urea groups is 1. The number of nitrogens with one attached hydrogen (secondary N) is 2. The van der Waals surface area contributed by atoms with Gasteiger partial charge in [-0.05, 0) is 60.0 Å². The van der Waals surface area contributed by atoms with Gasteiger partial charge >= 0.3 is 12.0 Å². The van der Waals surface area contributed by atoms with Crippen LogP contribution in [0, 0.1) is 6.92 Å². The van der Waals surface area contributed by atoms with Gasteiger partial charge in [0.1, 0.15) is 12.2 Å². The molecule has 8 nitrogen and oxygen atoms in total. The first-order valence-electron chi connectivity index (χ1n) is 10.4. The van der Waals surface area contributed by atoms with Crippen LogP contribution >= 0.6 is 0 Å². The lowest BCUT2D eigenvalue weighted by molar-refractivity contribution is -0.127. The topological polar surface area (TPSA) is 116 Å². The van der Waals surface area contributed by atoms with E-state index in [-0.39, 0.29) is 11.3 Å². The fraction of sp³-hybridized carbons (Fsp3) is 0.0769. The second-order valence-corrected chi connectivity index (χ2v) is 7.81. The number of aryl methyl sites for hydroxylation is 1. The minimum Gasteiger partial charge on any atom is -0.478 e. The zero-order valence-electron chi connectivity index (χ0n) is 18.2. The lowest BCUT2D eigenvalue weighted by Crippen LogP contribution is -2.38. The van der Waals surface area contributed by atoms with Crippen LogP contribution in [0.1, 0.15) is 21.5 Å². The third-order valence-corrected chi connectivity index (χ3v) is 5.24. The van der Waals surface area contributed by atoms with Crippen LogP contribution in [0.5, 0.6) is 0 Å². The second-order valence-electron chi connectivity index (χ2n) is 7.81. The van der Waals surface area contributed by atoms with Gasteiger partial charge in [-0.3, -0.25) is 9.59 Å². The normalized spacial score (nSPS) is 14.3. The molecule has 1 aliphatic rings. The number of hydrogen-bond donors (Lipinski definition) is 3. The molecule has 0 radical (unpaired) electrons. The number of carboxylic acids is 1. The van der Waals surface area contributed by atoms with Gasteiger partial charge in [0.25, 0.3) is 5.91 Å². The van der Waals surface area contributed by atoms with E-state index in [9.17, 15) is 24.3 Å². The highest BCUT2D eigenvalue weighted by Crippen LogP contribution is 2.23. The van der Waals surface area contributed by atoms with E-state index in [4.69, 9.17) is 0 Å². The second kappa shape index (κ2) is 9.41. The first-order valence-corrected chi connectivity index (χ1v) is 10.4. The largest absolute Gasteiger partial charge is 0.478 e. The molecule has 0 saturated carbocycles. The van der Waals surface area contributed by atoms with Crippen molar-refractivity contribution in [3.63, 3.8) is 0 Å². The number of nitrogens with zero attached hydrogens (tertiary/aromatic N) is 1. The van der Waals surface area contributed by atoms with E-state index in [0.29, 0.717) is 16.8 Å². The van der Waals surface area contributed by atoms with Crippen molar-refractivity contribution in [2.75, 3.05) is 11.9 Å². The number of anilines is 1. The number of amides is 4. The maximum Gasteiger partial charge on any atom is 0.335 e. The molecule has 0 aromatic heterocycles. The molecule has 0 unspecified atom stereocenters. The standard InChI is InChI=1S/C26H21N3O5/c1-16-8-10-21(11-9-16)27-23(30)15-29-24(31)22(28-26(29)34)13-17-4-2-5-18(12-17)19-6-3-7-20(14-19)25(32)33/h2-14H,15H2,1H3,(H,27,30)(H,28,34)(H,32,33)/b22-13-. The Balaban J connectivity index is 1.49. The van der Waals surface area contributed by atoms with Crippen LogP contribution < -0.4 is 10.6 Å². The highest BCUT2D eigenvalue weighted by atomic mass is 16.4. The minimum atomic E-state index is -1.02. The molecule has 4 amide bonds. The Morgan fingerprint density at radius 2 is 1.65 bits per heavy atom. The van der Waals surface area contributed by atoms with E-state index in [1.54, 1.807) is 48.5 Å². The summed E-state index contributed by atoms with van der Waals surface area (Å²) in [5.74, 6) is -2.12. The third-order valence-electron chi connectivity index (χ3n) is 5.24. The van der Waals surface area contributed by atoms with E-state index < -0.39 is 30.4 Å². The molecule has 4 rings (SSSR count). The van der Waals surface area contributed by atoms with Gasteiger partial charge in [-0.1, -0.05) is 48.0 Å². The molecule has 0 atom stereocenters. The van der Waals surface area contributed by atoms with E-state index in [0.717, 1.165) is 16.0 Å². The van der Waals surface area contributed by atoms with Crippen LogP contribution in [0.4, 0.5) is 10.5 Å². The monoisotopic (exact) mass is 455 g/mol. The van der Waals surface area contributed by atoms with E-state index in [1.165, 1.54) is 12.1 Å². The van der Waals surface area contributed by atoms with Crippen molar-refractivity contribution in [1.29, 1.82) is 0 Å². The molecule has 3 aromatic rings. The van der Waals surface area contributed by atoms with Crippen LogP contribution in [0.25, 0.3) is 17.2 Å². The molecule has 170 valence electrons. The summed E-state index contributed by atoms with van der Waals surface area (Å²) in [6.45, 7) is 1.51. The van der Waals surface area contributed by atoms with Gasteiger partial charge in [0.2, 0.25) is 5.91 Å². The average Bonchev–Trinajstić information content (AvgIpc) is 3.08. The fourth-order valence-electron chi connectivity index (χ4n) is 3.50. The Labute approximate surface area is 195 Å². The maximum atomic E-state index is 12.8. The summed E-state index contributed by atoms with van der Waals surface area (Å²) >= 11 is 0. The lowest BCUT2D eigenvalue weighted by Gasteiger charge is -2.12. The van der Waals surface area contributed by atoms with Gasteiger partial charge in [0.15, 0.2) is 0 Å². The van der Waals surface area contributed by atoms with Crippen molar-refractivity contribution in [2.24, 2.45) is 0 Å². The van der Waals surface area contributed by atoms with Gasteiger partial charge in [0, 0.05) is 5.69 Å². The molecular weight excluding hydrogens is 434 g/mol. The van der Waals surface area contributed by atoms with Crippen molar-refractivity contribution in [1.82, 2.24) is 10.2 Å². The summed E-state index contributed by atoms with van der Waals surface area (Å²) in [6.07, 6.45) is 1.52. The summed E-state index contributed by atoms with van der Waals surface area (Å²) in [6, 6.07) is 20.1. The van der Waals surface area contributed by atoms with Gasteiger partial charge in [-0.2, -0.15) is 0 Å². The number of hydrogen-bond acceptors (Lipinski definition) is 4. The van der Waals surface area contributed by atoms with Crippen LogP contribution in [0.15, 0.2) is 78.5 Å². The lowest BCUT2D eigenvalue weighted by atomic mass is 10.0. The van der Waals surface area contributed by atoms with Crippen molar-refractivity contribution in [2.45, 2.75) is 6.92 Å². The Hall–Kier alpha value is -4.72. The highest BCUT2D eigenvalue weighted by molar-refractivity contribution is 6.16. The van der Waals surface area contributed by atoms with Crippen molar-refractivity contribution >= 4 is 35.6 Å². The number of carboxylic acid groups (broad SMARTS) is 1. The molecule has 1 aliphatic heterocycles. The summed E-state index contributed by atoms with van der Waals surface area (Å²) in [5.41, 5.74) is 3.92. The number of carbonyl (C=O) groups is 4. The third kappa shape index (κ3) is 5.02. The zero-order valence-corrected chi connectivity index (χ0v) is 18.2. The number of aromatic carboxylic acids is 1. The average molecular weight is 455 g/mol. The Morgan fingerprint density at radius 3 is 2.35 bits per heavy atom.